The SMILES string of the molecule is O=C(NCC1(CO)CCCC1)c1cnccn1. The molecule has 0 bridgehead atoms. The van der Waals surface area contributed by atoms with Gasteiger partial charge in [0.15, 0.2) is 0 Å². The molecule has 0 radical (unpaired) electrons. The molecule has 1 amide bonds. The molecule has 17 heavy (non-hydrogen) atoms. The molecule has 0 spiro atoms. The minimum Gasteiger partial charge on any atom is -0.396 e. The minimum atomic E-state index is -0.224. The van der Waals surface area contributed by atoms with E-state index in [0.29, 0.717) is 12.2 Å². The number of aliphatic hydroxyl groups is 1. The van der Waals surface area contributed by atoms with Gasteiger partial charge in [0.1, 0.15) is 5.69 Å². The highest BCUT2D eigenvalue weighted by Crippen LogP contribution is 2.36. The maximum Gasteiger partial charge on any atom is 0.271 e. The normalized spacial score (nSPS) is 17.9. The van der Waals surface area contributed by atoms with Gasteiger partial charge in [-0.3, -0.25) is 9.78 Å². The van der Waals surface area contributed by atoms with E-state index in [4.69, 9.17) is 0 Å². The van der Waals surface area contributed by atoms with Gasteiger partial charge in [0, 0.05) is 24.4 Å². The summed E-state index contributed by atoms with van der Waals surface area (Å²) in [7, 11) is 0. The highest BCUT2D eigenvalue weighted by molar-refractivity contribution is 5.91. The van der Waals surface area contributed by atoms with Crippen molar-refractivity contribution in [3.05, 3.63) is 24.3 Å². The molecule has 1 aliphatic rings. The molecular formula is C12H17N3O2. The lowest BCUT2D eigenvalue weighted by atomic mass is 9.87. The Morgan fingerprint density at radius 2 is 2.18 bits per heavy atom. The van der Waals surface area contributed by atoms with Crippen molar-refractivity contribution in [3.8, 4) is 0 Å². The molecule has 0 unspecified atom stereocenters. The van der Waals surface area contributed by atoms with Gasteiger partial charge in [-0.15, -0.1) is 0 Å². The van der Waals surface area contributed by atoms with E-state index >= 15 is 0 Å². The van der Waals surface area contributed by atoms with Crippen LogP contribution in [0.4, 0.5) is 0 Å². The van der Waals surface area contributed by atoms with Crippen LogP contribution in [0.5, 0.6) is 0 Å². The highest BCUT2D eigenvalue weighted by Gasteiger charge is 2.33. The molecule has 5 heteroatoms. The van der Waals surface area contributed by atoms with E-state index in [1.807, 2.05) is 0 Å². The molecule has 2 N–H and O–H groups in total. The van der Waals surface area contributed by atoms with E-state index in [9.17, 15) is 9.90 Å². The molecule has 1 aromatic heterocycles. The first-order valence-corrected chi connectivity index (χ1v) is 5.91. The van der Waals surface area contributed by atoms with Crippen molar-refractivity contribution < 1.29 is 9.90 Å². The number of carbonyl (C=O) groups is 1. The Morgan fingerprint density at radius 3 is 2.76 bits per heavy atom. The standard InChI is InChI=1S/C12H17N3O2/c16-9-12(3-1-2-4-12)8-15-11(17)10-7-13-5-6-14-10/h5-7,16H,1-4,8-9H2,(H,15,17). The first kappa shape index (κ1) is 12.0. The number of rotatable bonds is 4. The number of hydrogen-bond donors (Lipinski definition) is 2. The van der Waals surface area contributed by atoms with Crippen molar-refractivity contribution in [1.82, 2.24) is 15.3 Å². The lowest BCUT2D eigenvalue weighted by Gasteiger charge is -2.26. The van der Waals surface area contributed by atoms with E-state index in [-0.39, 0.29) is 17.9 Å². The summed E-state index contributed by atoms with van der Waals surface area (Å²) >= 11 is 0. The van der Waals surface area contributed by atoms with Gasteiger partial charge in [-0.1, -0.05) is 12.8 Å². The summed E-state index contributed by atoms with van der Waals surface area (Å²) in [6, 6.07) is 0. The van der Waals surface area contributed by atoms with Crippen LogP contribution in [0.15, 0.2) is 18.6 Å². The summed E-state index contributed by atoms with van der Waals surface area (Å²) in [4.78, 5) is 19.5. The molecular weight excluding hydrogens is 218 g/mol. The Kier molecular flexibility index (Phi) is 3.68. The second-order valence-electron chi connectivity index (χ2n) is 4.64. The summed E-state index contributed by atoms with van der Waals surface area (Å²) < 4.78 is 0. The maximum atomic E-state index is 11.8. The van der Waals surface area contributed by atoms with Gasteiger partial charge >= 0.3 is 0 Å². The summed E-state index contributed by atoms with van der Waals surface area (Å²) in [6.45, 7) is 0.645. The van der Waals surface area contributed by atoms with E-state index in [1.165, 1.54) is 18.6 Å². The van der Waals surface area contributed by atoms with Crippen LogP contribution in [-0.4, -0.2) is 34.1 Å². The number of aliphatic hydroxyl groups excluding tert-OH is 1. The number of carbonyl (C=O) groups excluding carboxylic acids is 1. The van der Waals surface area contributed by atoms with E-state index in [2.05, 4.69) is 15.3 Å². The predicted molar refractivity (Wildman–Crippen MR) is 62.4 cm³/mol. The molecule has 5 nitrogen and oxygen atoms in total. The number of nitrogens with zero attached hydrogens (tertiary/aromatic N) is 2. The number of amides is 1. The minimum absolute atomic E-state index is 0.127. The van der Waals surface area contributed by atoms with Crippen LogP contribution in [-0.2, 0) is 0 Å². The zero-order chi connectivity index (χ0) is 12.1. The van der Waals surface area contributed by atoms with Crippen molar-refractivity contribution in [3.63, 3.8) is 0 Å². The average Bonchev–Trinajstić information content (AvgIpc) is 2.86. The molecule has 92 valence electrons. The van der Waals surface area contributed by atoms with Crippen LogP contribution < -0.4 is 5.32 Å². The van der Waals surface area contributed by atoms with Gasteiger partial charge in [0.25, 0.3) is 5.91 Å². The fourth-order valence-electron chi connectivity index (χ4n) is 2.29. The largest absolute Gasteiger partial charge is 0.396 e. The smallest absolute Gasteiger partial charge is 0.271 e. The van der Waals surface area contributed by atoms with E-state index in [1.54, 1.807) is 0 Å². The summed E-state index contributed by atoms with van der Waals surface area (Å²) in [5, 5.41) is 12.3. The Balaban J connectivity index is 1.92. The van der Waals surface area contributed by atoms with Gasteiger partial charge in [0.2, 0.25) is 0 Å². The van der Waals surface area contributed by atoms with E-state index in [0.717, 1.165) is 25.7 Å². The van der Waals surface area contributed by atoms with Crippen molar-refractivity contribution in [2.75, 3.05) is 13.2 Å². The fourth-order valence-corrected chi connectivity index (χ4v) is 2.29. The summed E-state index contributed by atoms with van der Waals surface area (Å²) in [5.74, 6) is -0.224. The van der Waals surface area contributed by atoms with Gasteiger partial charge in [-0.25, -0.2) is 4.98 Å². The third-order valence-electron chi connectivity index (χ3n) is 3.42. The molecule has 1 aliphatic carbocycles. The first-order valence-electron chi connectivity index (χ1n) is 5.91. The molecule has 0 saturated heterocycles. The van der Waals surface area contributed by atoms with Gasteiger partial charge < -0.3 is 10.4 Å². The van der Waals surface area contributed by atoms with Crippen LogP contribution in [0.25, 0.3) is 0 Å². The van der Waals surface area contributed by atoms with Crippen LogP contribution >= 0.6 is 0 Å². The van der Waals surface area contributed by atoms with Crippen LogP contribution in [0.3, 0.4) is 0 Å². The van der Waals surface area contributed by atoms with Crippen LogP contribution in [0.1, 0.15) is 36.2 Å². The van der Waals surface area contributed by atoms with Crippen molar-refractivity contribution in [1.29, 1.82) is 0 Å². The topological polar surface area (TPSA) is 75.1 Å². The lowest BCUT2D eigenvalue weighted by Crippen LogP contribution is -2.38. The number of hydrogen-bond acceptors (Lipinski definition) is 4. The number of nitrogens with one attached hydrogen (secondary N) is 1. The van der Waals surface area contributed by atoms with Crippen molar-refractivity contribution in [2.45, 2.75) is 25.7 Å². The van der Waals surface area contributed by atoms with Crippen LogP contribution in [0.2, 0.25) is 0 Å². The molecule has 1 heterocycles. The second kappa shape index (κ2) is 5.23. The monoisotopic (exact) mass is 235 g/mol. The molecule has 0 aliphatic heterocycles. The predicted octanol–water partition coefficient (Wildman–Crippen LogP) is 0.759. The van der Waals surface area contributed by atoms with Crippen molar-refractivity contribution >= 4 is 5.91 Å². The first-order chi connectivity index (χ1) is 8.26. The Bertz CT molecular complexity index is 375. The van der Waals surface area contributed by atoms with E-state index < -0.39 is 0 Å². The fraction of sp³-hybridized carbons (Fsp3) is 0.583. The number of aromatic nitrogens is 2. The summed E-state index contributed by atoms with van der Waals surface area (Å²) in [5.41, 5.74) is 0.191. The second-order valence-corrected chi connectivity index (χ2v) is 4.64. The Morgan fingerprint density at radius 1 is 1.41 bits per heavy atom. The third kappa shape index (κ3) is 2.79. The van der Waals surface area contributed by atoms with Gasteiger partial charge in [-0.05, 0) is 12.8 Å². The molecule has 0 aromatic carbocycles. The molecule has 2 rings (SSSR count). The highest BCUT2D eigenvalue weighted by atomic mass is 16.3. The zero-order valence-corrected chi connectivity index (χ0v) is 9.72. The maximum absolute atomic E-state index is 11.8. The molecule has 0 atom stereocenters. The molecule has 1 saturated carbocycles. The van der Waals surface area contributed by atoms with Gasteiger partial charge in [0.05, 0.1) is 12.8 Å². The molecule has 1 aromatic rings. The average molecular weight is 235 g/mol. The van der Waals surface area contributed by atoms with Crippen LogP contribution in [0, 0.1) is 5.41 Å². The Hall–Kier alpha value is -1.49. The molecule has 1 fully saturated rings. The van der Waals surface area contributed by atoms with Crippen molar-refractivity contribution in [2.24, 2.45) is 5.41 Å². The van der Waals surface area contributed by atoms with Gasteiger partial charge in [-0.2, -0.15) is 0 Å². The lowest BCUT2D eigenvalue weighted by molar-refractivity contribution is 0.0875. The third-order valence-corrected chi connectivity index (χ3v) is 3.42. The Labute approximate surface area is 100 Å². The zero-order valence-electron chi connectivity index (χ0n) is 9.72. The summed E-state index contributed by atoms with van der Waals surface area (Å²) in [6.07, 6.45) is 8.67. The quantitative estimate of drug-likeness (QED) is 0.808.